The molecule has 168 valence electrons. The zero-order chi connectivity index (χ0) is 23.6. The maximum absolute atomic E-state index is 13.1. The summed E-state index contributed by atoms with van der Waals surface area (Å²) in [5, 5.41) is 12.3. The number of methoxy groups -OCH3 is 1. The third-order valence-electron chi connectivity index (χ3n) is 5.59. The summed E-state index contributed by atoms with van der Waals surface area (Å²) in [4.78, 5) is 30.4. The Hall–Kier alpha value is -3.93. The Balaban J connectivity index is 1.51. The zero-order valence-corrected chi connectivity index (χ0v) is 18.9. The Bertz CT molecular complexity index is 1240. The van der Waals surface area contributed by atoms with E-state index in [0.717, 1.165) is 29.0 Å². The van der Waals surface area contributed by atoms with E-state index in [1.807, 2.05) is 18.2 Å². The fourth-order valence-corrected chi connectivity index (χ4v) is 4.02. The minimum Gasteiger partial charge on any atom is -0.508 e. The molecule has 1 aliphatic heterocycles. The quantitative estimate of drug-likeness (QED) is 0.523. The molecule has 0 unspecified atom stereocenters. The molecule has 6 heteroatoms. The smallest absolute Gasteiger partial charge is 0.255 e. The molecule has 0 saturated carbocycles. The number of phenolic OH excluding ortho intramolecular Hbond substituents is 1. The molecule has 0 fully saturated rings. The number of nitrogens with zero attached hydrogens (tertiary/aromatic N) is 1. The number of amides is 1. The van der Waals surface area contributed by atoms with Crippen molar-refractivity contribution in [2.24, 2.45) is 4.99 Å². The van der Waals surface area contributed by atoms with Crippen molar-refractivity contribution in [2.45, 2.75) is 32.2 Å². The topological polar surface area (TPSA) is 88.0 Å². The van der Waals surface area contributed by atoms with Gasteiger partial charge in [0.2, 0.25) is 0 Å². The number of phenols is 1. The number of aromatic hydroxyl groups is 1. The highest BCUT2D eigenvalue weighted by Crippen LogP contribution is 2.31. The molecular weight excluding hydrogens is 416 g/mol. The molecule has 0 radical (unpaired) electrons. The number of rotatable bonds is 6. The van der Waals surface area contributed by atoms with Gasteiger partial charge < -0.3 is 15.2 Å². The van der Waals surface area contributed by atoms with Crippen molar-refractivity contribution >= 4 is 23.1 Å². The third-order valence-corrected chi connectivity index (χ3v) is 5.59. The Morgan fingerprint density at radius 1 is 1.03 bits per heavy atom. The van der Waals surface area contributed by atoms with E-state index >= 15 is 0 Å². The zero-order valence-electron chi connectivity index (χ0n) is 18.9. The van der Waals surface area contributed by atoms with Gasteiger partial charge in [-0.1, -0.05) is 24.3 Å². The lowest BCUT2D eigenvalue weighted by atomic mass is 9.85. The van der Waals surface area contributed by atoms with E-state index in [0.29, 0.717) is 16.8 Å². The molecule has 1 aliphatic rings. The number of fused-ring (bicyclic) bond motifs is 1. The van der Waals surface area contributed by atoms with Gasteiger partial charge in [-0.3, -0.25) is 14.6 Å². The maximum atomic E-state index is 13.1. The number of benzene rings is 3. The minimum atomic E-state index is -0.320. The van der Waals surface area contributed by atoms with Gasteiger partial charge in [0.1, 0.15) is 11.5 Å². The molecule has 0 saturated heterocycles. The van der Waals surface area contributed by atoms with Gasteiger partial charge in [-0.05, 0) is 62.2 Å². The van der Waals surface area contributed by atoms with Crippen molar-refractivity contribution in [3.05, 3.63) is 89.0 Å². The Kier molecular flexibility index (Phi) is 6.01. The van der Waals surface area contributed by atoms with Crippen LogP contribution in [0.3, 0.4) is 0 Å². The first-order valence-electron chi connectivity index (χ1n) is 10.7. The molecule has 4 rings (SSSR count). The molecule has 1 amide bonds. The first-order chi connectivity index (χ1) is 15.7. The number of ketones is 1. The van der Waals surface area contributed by atoms with Crippen LogP contribution in [0, 0.1) is 0 Å². The highest BCUT2D eigenvalue weighted by atomic mass is 16.5. The molecule has 0 bridgehead atoms. The Morgan fingerprint density at radius 2 is 1.76 bits per heavy atom. The lowest BCUT2D eigenvalue weighted by Gasteiger charge is -2.29. The minimum absolute atomic E-state index is 0.0693. The fraction of sp³-hybridized carbons (Fsp3) is 0.222. The van der Waals surface area contributed by atoms with Gasteiger partial charge >= 0.3 is 0 Å². The van der Waals surface area contributed by atoms with Gasteiger partial charge in [-0.15, -0.1) is 0 Å². The van der Waals surface area contributed by atoms with E-state index in [-0.39, 0.29) is 29.4 Å². The highest BCUT2D eigenvalue weighted by molar-refractivity contribution is 6.17. The second-order valence-electron chi connectivity index (χ2n) is 8.75. The number of aliphatic imine (C=N–C) groups is 1. The fourth-order valence-electron chi connectivity index (χ4n) is 4.02. The molecule has 6 nitrogen and oxygen atoms in total. The van der Waals surface area contributed by atoms with Gasteiger partial charge in [0.25, 0.3) is 5.91 Å². The number of hydrogen-bond donors (Lipinski definition) is 2. The van der Waals surface area contributed by atoms with Crippen molar-refractivity contribution in [1.29, 1.82) is 0 Å². The van der Waals surface area contributed by atoms with Crippen LogP contribution >= 0.6 is 0 Å². The lowest BCUT2D eigenvalue weighted by molar-refractivity contribution is 0.0995. The normalized spacial score (nSPS) is 14.1. The van der Waals surface area contributed by atoms with Crippen molar-refractivity contribution in [2.75, 3.05) is 12.4 Å². The predicted molar refractivity (Wildman–Crippen MR) is 129 cm³/mol. The summed E-state index contributed by atoms with van der Waals surface area (Å²) in [7, 11) is 1.62. The third kappa shape index (κ3) is 5.12. The summed E-state index contributed by atoms with van der Waals surface area (Å²) in [6.45, 7) is 4.12. The Labute approximate surface area is 193 Å². The number of carbonyl (C=O) groups is 2. The number of anilines is 1. The summed E-state index contributed by atoms with van der Waals surface area (Å²) in [5.74, 6) is 0.414. The van der Waals surface area contributed by atoms with E-state index in [9.17, 15) is 14.7 Å². The van der Waals surface area contributed by atoms with Crippen molar-refractivity contribution < 1.29 is 19.4 Å². The van der Waals surface area contributed by atoms with Crippen LogP contribution in [0.25, 0.3) is 0 Å². The molecule has 0 atom stereocenters. The number of carbonyl (C=O) groups excluding carboxylic acids is 2. The van der Waals surface area contributed by atoms with E-state index in [1.54, 1.807) is 43.5 Å². The van der Waals surface area contributed by atoms with Gasteiger partial charge in [0, 0.05) is 28.4 Å². The SMILES string of the molecule is COc1ccc2c(c1)C(CC(=O)c1ccc(C(=O)Nc3cccc(O)c3)cc1)=NC(C)(C)C2. The second-order valence-corrected chi connectivity index (χ2v) is 8.75. The van der Waals surface area contributed by atoms with Crippen LogP contribution in [0.4, 0.5) is 5.69 Å². The highest BCUT2D eigenvalue weighted by Gasteiger charge is 2.28. The lowest BCUT2D eigenvalue weighted by Crippen LogP contribution is -2.30. The number of nitrogens with one attached hydrogen (secondary N) is 1. The largest absolute Gasteiger partial charge is 0.508 e. The van der Waals surface area contributed by atoms with Crippen LogP contribution in [-0.4, -0.2) is 35.2 Å². The summed E-state index contributed by atoms with van der Waals surface area (Å²) in [6, 6.07) is 18.8. The van der Waals surface area contributed by atoms with E-state index in [4.69, 9.17) is 9.73 Å². The molecule has 0 aliphatic carbocycles. The number of ether oxygens (including phenoxy) is 1. The van der Waals surface area contributed by atoms with Crippen molar-refractivity contribution in [3.8, 4) is 11.5 Å². The van der Waals surface area contributed by atoms with Crippen molar-refractivity contribution in [1.82, 2.24) is 0 Å². The number of Topliss-reactive ketones (excluding diaryl/α,β-unsaturated/α-hetero) is 1. The van der Waals surface area contributed by atoms with Crippen LogP contribution in [-0.2, 0) is 6.42 Å². The van der Waals surface area contributed by atoms with E-state index in [2.05, 4.69) is 19.2 Å². The first-order valence-corrected chi connectivity index (χ1v) is 10.7. The van der Waals surface area contributed by atoms with Crippen LogP contribution in [0.5, 0.6) is 11.5 Å². The summed E-state index contributed by atoms with van der Waals surface area (Å²) in [6.07, 6.45) is 0.964. The number of hydrogen-bond acceptors (Lipinski definition) is 5. The molecule has 1 heterocycles. The van der Waals surface area contributed by atoms with Gasteiger partial charge in [0.05, 0.1) is 24.8 Å². The molecule has 2 N–H and O–H groups in total. The average Bonchev–Trinajstić information content (AvgIpc) is 2.78. The molecule has 3 aromatic rings. The molecule has 0 spiro atoms. The van der Waals surface area contributed by atoms with Gasteiger partial charge in [0.15, 0.2) is 5.78 Å². The molecular formula is C27H26N2O4. The molecule has 33 heavy (non-hydrogen) atoms. The monoisotopic (exact) mass is 442 g/mol. The maximum Gasteiger partial charge on any atom is 0.255 e. The standard InChI is InChI=1S/C27H26N2O4/c1-27(2)16-19-11-12-22(33-3)14-23(19)24(29-27)15-25(31)17-7-9-18(10-8-17)26(32)28-20-5-4-6-21(30)13-20/h4-14,30H,15-16H2,1-3H3,(H,28,32). The summed E-state index contributed by atoms with van der Waals surface area (Å²) in [5.41, 5.74) is 3.98. The average molecular weight is 443 g/mol. The van der Waals surface area contributed by atoms with E-state index in [1.165, 1.54) is 12.1 Å². The van der Waals surface area contributed by atoms with Gasteiger partial charge in [-0.25, -0.2) is 0 Å². The van der Waals surface area contributed by atoms with Crippen LogP contribution in [0.2, 0.25) is 0 Å². The van der Waals surface area contributed by atoms with Crippen LogP contribution in [0.1, 0.15) is 52.1 Å². The second kappa shape index (κ2) is 8.90. The molecule has 3 aromatic carbocycles. The van der Waals surface area contributed by atoms with Crippen molar-refractivity contribution in [3.63, 3.8) is 0 Å². The molecule has 0 aromatic heterocycles. The summed E-state index contributed by atoms with van der Waals surface area (Å²) < 4.78 is 5.36. The van der Waals surface area contributed by atoms with Crippen LogP contribution in [0.15, 0.2) is 71.7 Å². The van der Waals surface area contributed by atoms with E-state index < -0.39 is 0 Å². The van der Waals surface area contributed by atoms with Crippen LogP contribution < -0.4 is 10.1 Å². The summed E-state index contributed by atoms with van der Waals surface area (Å²) >= 11 is 0. The first kappa shape index (κ1) is 22.3. The van der Waals surface area contributed by atoms with Gasteiger partial charge in [-0.2, -0.15) is 0 Å². The predicted octanol–water partition coefficient (Wildman–Crippen LogP) is 5.05. The Morgan fingerprint density at radius 3 is 2.45 bits per heavy atom.